The summed E-state index contributed by atoms with van der Waals surface area (Å²) in [5, 5.41) is 4.28. The summed E-state index contributed by atoms with van der Waals surface area (Å²) in [4.78, 5) is 12.1. The van der Waals surface area contributed by atoms with Crippen LogP contribution in [-0.4, -0.2) is 14.3 Å². The average molecular weight is 262 g/mol. The molecule has 2 N–H and O–H groups in total. The molecule has 19 heavy (non-hydrogen) atoms. The van der Waals surface area contributed by atoms with E-state index in [1.807, 2.05) is 0 Å². The first kappa shape index (κ1) is 12.0. The van der Waals surface area contributed by atoms with Crippen LogP contribution in [0.5, 0.6) is 0 Å². The molecule has 1 aliphatic rings. The Morgan fingerprint density at radius 3 is 3.00 bits per heavy atom. The molecule has 2 heterocycles. The summed E-state index contributed by atoms with van der Waals surface area (Å²) in [7, 11) is 0. The summed E-state index contributed by atoms with van der Waals surface area (Å²) >= 11 is 0. The van der Waals surface area contributed by atoms with Crippen LogP contribution in [0.3, 0.4) is 0 Å². The first-order valence-electron chi connectivity index (χ1n) is 6.36. The molecular weight excluding hydrogens is 247 g/mol. The fourth-order valence-electron chi connectivity index (χ4n) is 2.43. The summed E-state index contributed by atoms with van der Waals surface area (Å²) in [6, 6.07) is 4.80. The Labute approximate surface area is 109 Å². The van der Waals surface area contributed by atoms with E-state index in [-0.39, 0.29) is 17.9 Å². The Morgan fingerprint density at radius 1 is 1.37 bits per heavy atom. The van der Waals surface area contributed by atoms with Gasteiger partial charge in [-0.25, -0.2) is 13.9 Å². The minimum Gasteiger partial charge on any atom is -0.396 e. The number of halogens is 1. The Morgan fingerprint density at radius 2 is 2.21 bits per heavy atom. The van der Waals surface area contributed by atoms with Crippen molar-refractivity contribution in [2.75, 3.05) is 5.73 Å². The zero-order valence-corrected chi connectivity index (χ0v) is 10.5. The van der Waals surface area contributed by atoms with Gasteiger partial charge in [-0.1, -0.05) is 12.1 Å². The predicted molar refractivity (Wildman–Crippen MR) is 69.3 cm³/mol. The van der Waals surface area contributed by atoms with Gasteiger partial charge in [0.1, 0.15) is 5.82 Å². The first-order chi connectivity index (χ1) is 9.16. The number of fused-ring (bicyclic) bond motifs is 1. The van der Waals surface area contributed by atoms with Crippen molar-refractivity contribution >= 4 is 5.69 Å². The molecule has 6 heteroatoms. The topological polar surface area (TPSA) is 65.8 Å². The molecule has 0 saturated heterocycles. The van der Waals surface area contributed by atoms with Gasteiger partial charge in [-0.15, -0.1) is 0 Å². The average Bonchev–Trinajstić information content (AvgIpc) is 2.73. The van der Waals surface area contributed by atoms with Crippen molar-refractivity contribution in [2.24, 2.45) is 0 Å². The van der Waals surface area contributed by atoms with E-state index >= 15 is 0 Å². The van der Waals surface area contributed by atoms with Crippen molar-refractivity contribution < 1.29 is 4.39 Å². The van der Waals surface area contributed by atoms with Gasteiger partial charge in [0, 0.05) is 18.5 Å². The molecule has 1 aromatic heterocycles. The predicted octanol–water partition coefficient (Wildman–Crippen LogP) is 1.15. The van der Waals surface area contributed by atoms with E-state index in [4.69, 9.17) is 5.73 Å². The molecular formula is C13H15FN4O. The summed E-state index contributed by atoms with van der Waals surface area (Å²) < 4.78 is 16.8. The lowest BCUT2D eigenvalue weighted by molar-refractivity contribution is 0.511. The van der Waals surface area contributed by atoms with E-state index in [1.165, 1.54) is 10.7 Å². The number of nitrogen functional groups attached to an aromatic ring is 1. The molecule has 1 aliphatic heterocycles. The molecule has 0 saturated carbocycles. The zero-order valence-electron chi connectivity index (χ0n) is 10.5. The van der Waals surface area contributed by atoms with Gasteiger partial charge in [0.25, 0.3) is 0 Å². The molecule has 0 radical (unpaired) electrons. The third-order valence-corrected chi connectivity index (χ3v) is 3.46. The number of aryl methyl sites for hydroxylation is 1. The van der Waals surface area contributed by atoms with Gasteiger partial charge in [-0.2, -0.15) is 5.10 Å². The lowest BCUT2D eigenvalue weighted by atomic mass is 10.2. The largest absolute Gasteiger partial charge is 0.396 e. The number of hydrogen-bond acceptors (Lipinski definition) is 3. The quantitative estimate of drug-likeness (QED) is 0.826. The zero-order chi connectivity index (χ0) is 13.4. The standard InChI is InChI=1S/C13H15FN4O/c14-12-9(4-3-5-10(12)15)8-18-13(19)17-7-2-1-6-11(17)16-18/h3-5H,1-2,6-8,15H2. The minimum absolute atomic E-state index is 0.0921. The fraction of sp³-hybridized carbons (Fsp3) is 0.385. The second-order valence-corrected chi connectivity index (χ2v) is 4.79. The van der Waals surface area contributed by atoms with Crippen LogP contribution >= 0.6 is 0 Å². The van der Waals surface area contributed by atoms with Crippen LogP contribution in [0.15, 0.2) is 23.0 Å². The first-order valence-corrected chi connectivity index (χ1v) is 6.36. The second-order valence-electron chi connectivity index (χ2n) is 4.79. The number of nitrogens with zero attached hydrogens (tertiary/aromatic N) is 3. The second kappa shape index (κ2) is 4.53. The molecule has 0 spiro atoms. The van der Waals surface area contributed by atoms with Gasteiger partial charge >= 0.3 is 5.69 Å². The van der Waals surface area contributed by atoms with E-state index in [0.717, 1.165) is 25.1 Å². The van der Waals surface area contributed by atoms with Gasteiger partial charge in [0.2, 0.25) is 0 Å². The Hall–Kier alpha value is -2.11. The number of aromatic nitrogens is 3. The molecule has 0 atom stereocenters. The van der Waals surface area contributed by atoms with Gasteiger partial charge in [-0.05, 0) is 18.9 Å². The van der Waals surface area contributed by atoms with Crippen LogP contribution < -0.4 is 11.4 Å². The molecule has 3 rings (SSSR count). The molecule has 100 valence electrons. The van der Waals surface area contributed by atoms with Crippen molar-refractivity contribution in [1.29, 1.82) is 0 Å². The van der Waals surface area contributed by atoms with Gasteiger partial charge in [0.15, 0.2) is 5.82 Å². The summed E-state index contributed by atoms with van der Waals surface area (Å²) in [5.74, 6) is 0.320. The van der Waals surface area contributed by atoms with Gasteiger partial charge < -0.3 is 5.73 Å². The monoisotopic (exact) mass is 262 g/mol. The summed E-state index contributed by atoms with van der Waals surface area (Å²) in [6.07, 6.45) is 2.84. The van der Waals surface area contributed by atoms with Crippen molar-refractivity contribution in [1.82, 2.24) is 14.3 Å². The number of hydrogen-bond donors (Lipinski definition) is 1. The van der Waals surface area contributed by atoms with Crippen LogP contribution in [0.4, 0.5) is 10.1 Å². The Bertz CT molecular complexity index is 674. The maximum absolute atomic E-state index is 13.8. The SMILES string of the molecule is Nc1cccc(Cn2nc3n(c2=O)CCCC3)c1F. The van der Waals surface area contributed by atoms with Gasteiger partial charge in [0.05, 0.1) is 12.2 Å². The molecule has 1 aromatic carbocycles. The molecule has 0 fully saturated rings. The number of rotatable bonds is 2. The number of anilines is 1. The number of nitrogens with two attached hydrogens (primary N) is 1. The van der Waals surface area contributed by atoms with E-state index in [1.54, 1.807) is 16.7 Å². The minimum atomic E-state index is -0.472. The smallest absolute Gasteiger partial charge is 0.346 e. The van der Waals surface area contributed by atoms with Crippen LogP contribution in [-0.2, 0) is 19.5 Å². The maximum Gasteiger partial charge on any atom is 0.346 e. The van der Waals surface area contributed by atoms with Crippen LogP contribution in [0.25, 0.3) is 0 Å². The molecule has 0 amide bonds. The lowest BCUT2D eigenvalue weighted by Crippen LogP contribution is -2.27. The molecule has 5 nitrogen and oxygen atoms in total. The summed E-state index contributed by atoms with van der Waals surface area (Å²) in [6.45, 7) is 0.823. The van der Waals surface area contributed by atoms with Crippen molar-refractivity contribution in [3.05, 3.63) is 45.9 Å². The lowest BCUT2D eigenvalue weighted by Gasteiger charge is -2.09. The van der Waals surface area contributed by atoms with E-state index in [2.05, 4.69) is 5.10 Å². The maximum atomic E-state index is 13.8. The van der Waals surface area contributed by atoms with E-state index in [9.17, 15) is 9.18 Å². The van der Waals surface area contributed by atoms with Crippen molar-refractivity contribution in [2.45, 2.75) is 32.4 Å². The normalized spacial score (nSPS) is 14.4. The Balaban J connectivity index is 1.98. The van der Waals surface area contributed by atoms with Crippen molar-refractivity contribution in [3.63, 3.8) is 0 Å². The van der Waals surface area contributed by atoms with E-state index in [0.29, 0.717) is 12.1 Å². The highest BCUT2D eigenvalue weighted by Crippen LogP contribution is 2.16. The highest BCUT2D eigenvalue weighted by Gasteiger charge is 2.17. The molecule has 0 unspecified atom stereocenters. The highest BCUT2D eigenvalue weighted by atomic mass is 19.1. The molecule has 0 bridgehead atoms. The van der Waals surface area contributed by atoms with E-state index < -0.39 is 5.82 Å². The molecule has 2 aromatic rings. The number of benzene rings is 1. The Kier molecular flexibility index (Phi) is 2.85. The van der Waals surface area contributed by atoms with Gasteiger partial charge in [-0.3, -0.25) is 4.57 Å². The van der Waals surface area contributed by atoms with Crippen molar-refractivity contribution in [3.8, 4) is 0 Å². The fourth-order valence-corrected chi connectivity index (χ4v) is 2.43. The third-order valence-electron chi connectivity index (χ3n) is 3.46. The molecule has 0 aliphatic carbocycles. The summed E-state index contributed by atoms with van der Waals surface area (Å²) in [5.41, 5.74) is 5.83. The van der Waals surface area contributed by atoms with Crippen LogP contribution in [0, 0.1) is 5.82 Å². The van der Waals surface area contributed by atoms with Crippen LogP contribution in [0.1, 0.15) is 24.2 Å². The van der Waals surface area contributed by atoms with Crippen LogP contribution in [0.2, 0.25) is 0 Å². The highest BCUT2D eigenvalue weighted by molar-refractivity contribution is 5.42. The third kappa shape index (κ3) is 2.03.